The number of carbonyl (C=O) groups excluding carboxylic acids is 3. The molecule has 4 nitrogen and oxygen atoms in total. The second-order valence-corrected chi connectivity index (χ2v) is 3.37. The minimum atomic E-state index is -0.551. The molecule has 16 heavy (non-hydrogen) atoms. The maximum atomic E-state index is 11.9. The van der Waals surface area contributed by atoms with Crippen LogP contribution in [0.15, 0.2) is 46.1 Å². The normalized spacial score (nSPS) is 15.8. The highest BCUT2D eigenvalue weighted by Crippen LogP contribution is 2.18. The second-order valence-electron chi connectivity index (χ2n) is 3.37. The second kappa shape index (κ2) is 3.73. The van der Waals surface area contributed by atoms with Crippen LogP contribution < -0.4 is 0 Å². The van der Waals surface area contributed by atoms with Crippen molar-refractivity contribution in [3.05, 3.63) is 47.5 Å². The van der Waals surface area contributed by atoms with Crippen molar-refractivity contribution in [1.82, 2.24) is 0 Å². The van der Waals surface area contributed by atoms with Crippen molar-refractivity contribution >= 4 is 17.3 Å². The first-order chi connectivity index (χ1) is 7.61. The minimum Gasteiger partial charge on any atom is -0.461 e. The lowest BCUT2D eigenvalue weighted by molar-refractivity contribution is -0.115. The molecule has 0 fully saturated rings. The van der Waals surface area contributed by atoms with Crippen molar-refractivity contribution in [2.24, 2.45) is 0 Å². The van der Waals surface area contributed by atoms with Gasteiger partial charge in [0.2, 0.25) is 5.78 Å². The minimum absolute atomic E-state index is 0.0609. The summed E-state index contributed by atoms with van der Waals surface area (Å²) >= 11 is 0. The summed E-state index contributed by atoms with van der Waals surface area (Å²) in [7, 11) is 0. The van der Waals surface area contributed by atoms with E-state index in [9.17, 15) is 14.4 Å². The van der Waals surface area contributed by atoms with Gasteiger partial charge in [0.1, 0.15) is 0 Å². The van der Waals surface area contributed by atoms with Crippen LogP contribution in [0.4, 0.5) is 0 Å². The predicted octanol–water partition coefficient (Wildman–Crippen LogP) is 1.49. The van der Waals surface area contributed by atoms with Crippen LogP contribution in [0.5, 0.6) is 0 Å². The van der Waals surface area contributed by atoms with Crippen LogP contribution in [-0.2, 0) is 9.59 Å². The van der Waals surface area contributed by atoms with Gasteiger partial charge >= 0.3 is 0 Å². The van der Waals surface area contributed by atoms with E-state index < -0.39 is 11.6 Å². The Labute approximate surface area is 91.2 Å². The molecule has 80 valence electrons. The standard InChI is InChI=1S/C12H8O4/c1-7-8(13)4-5-9(14)11(7)12(15)10-3-2-6-16-10/h2-6H,1H3. The molecule has 0 spiro atoms. The molecule has 1 aromatic heterocycles. The molecule has 0 N–H and O–H groups in total. The van der Waals surface area contributed by atoms with Crippen molar-refractivity contribution in [2.75, 3.05) is 0 Å². The summed E-state index contributed by atoms with van der Waals surface area (Å²) in [5.41, 5.74) is 0.0522. The summed E-state index contributed by atoms with van der Waals surface area (Å²) in [6.07, 6.45) is 3.61. The number of Topliss-reactive ketones (excluding diaryl/α,β-unsaturated/α-hetero) is 1. The van der Waals surface area contributed by atoms with Crippen molar-refractivity contribution in [3.8, 4) is 0 Å². The lowest BCUT2D eigenvalue weighted by Crippen LogP contribution is -2.19. The SMILES string of the molecule is CC1=C(C(=O)c2ccco2)C(=O)C=CC1=O. The van der Waals surface area contributed by atoms with E-state index >= 15 is 0 Å². The third kappa shape index (κ3) is 1.54. The summed E-state index contributed by atoms with van der Waals surface area (Å²) in [5.74, 6) is -1.27. The number of hydrogen-bond donors (Lipinski definition) is 0. The summed E-state index contributed by atoms with van der Waals surface area (Å²) in [4.78, 5) is 34.7. The number of furan rings is 1. The zero-order chi connectivity index (χ0) is 11.7. The molecule has 0 unspecified atom stereocenters. The maximum Gasteiger partial charge on any atom is 0.232 e. The summed E-state index contributed by atoms with van der Waals surface area (Å²) < 4.78 is 4.91. The Bertz CT molecular complexity index is 529. The zero-order valence-corrected chi connectivity index (χ0v) is 8.52. The number of hydrogen-bond acceptors (Lipinski definition) is 4. The average molecular weight is 216 g/mol. The predicted molar refractivity (Wildman–Crippen MR) is 54.9 cm³/mol. The van der Waals surface area contributed by atoms with Crippen molar-refractivity contribution in [2.45, 2.75) is 6.92 Å². The van der Waals surface area contributed by atoms with E-state index in [1.54, 1.807) is 6.07 Å². The molecule has 1 heterocycles. The maximum absolute atomic E-state index is 11.9. The van der Waals surface area contributed by atoms with Crippen LogP contribution in [0.1, 0.15) is 17.5 Å². The lowest BCUT2D eigenvalue weighted by atomic mass is 9.92. The fraction of sp³-hybridized carbons (Fsp3) is 0.0833. The highest BCUT2D eigenvalue weighted by molar-refractivity contribution is 6.35. The van der Waals surface area contributed by atoms with Gasteiger partial charge in [-0.3, -0.25) is 14.4 Å². The Hall–Kier alpha value is -2.23. The average Bonchev–Trinajstić information content (AvgIpc) is 2.77. The Balaban J connectivity index is 2.47. The van der Waals surface area contributed by atoms with Gasteiger partial charge < -0.3 is 4.42 Å². The van der Waals surface area contributed by atoms with Crippen molar-refractivity contribution < 1.29 is 18.8 Å². The molecule has 1 aliphatic rings. The topological polar surface area (TPSA) is 64.3 Å². The monoisotopic (exact) mass is 216 g/mol. The number of ketones is 3. The fourth-order valence-corrected chi connectivity index (χ4v) is 1.48. The van der Waals surface area contributed by atoms with Gasteiger partial charge in [-0.05, 0) is 31.2 Å². The third-order valence-corrected chi connectivity index (χ3v) is 2.35. The van der Waals surface area contributed by atoms with E-state index in [-0.39, 0.29) is 22.7 Å². The molecule has 0 saturated carbocycles. The quantitative estimate of drug-likeness (QED) is 0.426. The fourth-order valence-electron chi connectivity index (χ4n) is 1.48. The first-order valence-corrected chi connectivity index (χ1v) is 4.67. The molecule has 1 aromatic rings. The molecule has 0 aliphatic heterocycles. The van der Waals surface area contributed by atoms with Crippen molar-refractivity contribution in [3.63, 3.8) is 0 Å². The number of carbonyl (C=O) groups is 3. The molecule has 4 heteroatoms. The zero-order valence-electron chi connectivity index (χ0n) is 8.52. The summed E-state index contributed by atoms with van der Waals surface area (Å²) in [6, 6.07) is 3.01. The van der Waals surface area contributed by atoms with E-state index in [4.69, 9.17) is 4.42 Å². The van der Waals surface area contributed by atoms with Gasteiger partial charge in [-0.2, -0.15) is 0 Å². The summed E-state index contributed by atoms with van der Waals surface area (Å²) in [6.45, 7) is 1.46. The van der Waals surface area contributed by atoms with Crippen LogP contribution in [0, 0.1) is 0 Å². The molecular formula is C12H8O4. The Morgan fingerprint density at radius 3 is 2.50 bits per heavy atom. The van der Waals surface area contributed by atoms with Gasteiger partial charge in [-0.1, -0.05) is 0 Å². The van der Waals surface area contributed by atoms with Crippen LogP contribution in [0.25, 0.3) is 0 Å². The lowest BCUT2D eigenvalue weighted by Gasteiger charge is -2.08. The first-order valence-electron chi connectivity index (χ1n) is 4.67. The van der Waals surface area contributed by atoms with E-state index in [1.807, 2.05) is 0 Å². The van der Waals surface area contributed by atoms with Crippen LogP contribution in [0.3, 0.4) is 0 Å². The molecule has 0 radical (unpaired) electrons. The van der Waals surface area contributed by atoms with E-state index in [0.29, 0.717) is 0 Å². The number of rotatable bonds is 2. The van der Waals surface area contributed by atoms with Crippen LogP contribution in [-0.4, -0.2) is 17.3 Å². The Morgan fingerprint density at radius 2 is 1.88 bits per heavy atom. The Kier molecular flexibility index (Phi) is 2.40. The van der Waals surface area contributed by atoms with Crippen LogP contribution >= 0.6 is 0 Å². The highest BCUT2D eigenvalue weighted by atomic mass is 16.3. The first kappa shape index (κ1) is 10.3. The molecule has 0 bridgehead atoms. The highest BCUT2D eigenvalue weighted by Gasteiger charge is 2.27. The largest absolute Gasteiger partial charge is 0.461 e. The molecule has 2 rings (SSSR count). The molecule has 1 aliphatic carbocycles. The Morgan fingerprint density at radius 1 is 1.19 bits per heavy atom. The molecule has 0 atom stereocenters. The van der Waals surface area contributed by atoms with Gasteiger partial charge in [-0.25, -0.2) is 0 Å². The van der Waals surface area contributed by atoms with Gasteiger partial charge in [0.15, 0.2) is 17.3 Å². The molecular weight excluding hydrogens is 208 g/mol. The van der Waals surface area contributed by atoms with E-state index in [1.165, 1.54) is 19.3 Å². The molecule has 0 aromatic carbocycles. The van der Waals surface area contributed by atoms with E-state index in [2.05, 4.69) is 0 Å². The smallest absolute Gasteiger partial charge is 0.232 e. The van der Waals surface area contributed by atoms with Gasteiger partial charge in [0.05, 0.1) is 11.8 Å². The molecule has 0 saturated heterocycles. The van der Waals surface area contributed by atoms with Crippen molar-refractivity contribution in [1.29, 1.82) is 0 Å². The van der Waals surface area contributed by atoms with Crippen LogP contribution in [0.2, 0.25) is 0 Å². The van der Waals surface area contributed by atoms with Gasteiger partial charge in [0, 0.05) is 5.57 Å². The summed E-state index contributed by atoms with van der Waals surface area (Å²) in [5, 5.41) is 0. The third-order valence-electron chi connectivity index (χ3n) is 2.35. The number of allylic oxidation sites excluding steroid dienone is 4. The van der Waals surface area contributed by atoms with E-state index in [0.717, 1.165) is 12.2 Å². The van der Waals surface area contributed by atoms with Gasteiger partial charge in [-0.15, -0.1) is 0 Å². The molecule has 0 amide bonds. The van der Waals surface area contributed by atoms with Gasteiger partial charge in [0.25, 0.3) is 0 Å².